The number of phenols is 2. The van der Waals surface area contributed by atoms with Crippen molar-refractivity contribution in [2.24, 2.45) is 0 Å². The number of carbonyl (C=O) groups is 2. The molecule has 7 aliphatic rings. The molecular formula is C39H44N4O10S. The number of hydrogen-bond donors (Lipinski definition) is 5. The average Bonchev–Trinajstić information content (AvgIpc) is 3.63. The number of phenolic OH excluding ortho intramolecular Hbond substituents is 2. The summed E-state index contributed by atoms with van der Waals surface area (Å²) in [7, 11) is 4.99. The molecule has 1 spiro atoms. The fourth-order valence-corrected chi connectivity index (χ4v) is 11.8. The first-order valence-corrected chi connectivity index (χ1v) is 19.2. The first kappa shape index (κ1) is 35.3. The summed E-state index contributed by atoms with van der Waals surface area (Å²) < 4.78 is 29.6. The Balaban J connectivity index is 1.32. The molecule has 1 amide bonds. The van der Waals surface area contributed by atoms with Gasteiger partial charge in [0.1, 0.15) is 17.5 Å². The highest BCUT2D eigenvalue weighted by molar-refractivity contribution is 7.99. The fraction of sp³-hybridized carbons (Fsp3) is 0.487. The van der Waals surface area contributed by atoms with E-state index in [1.807, 2.05) is 27.0 Å². The molecule has 7 aliphatic heterocycles. The number of benzene rings is 3. The van der Waals surface area contributed by atoms with E-state index in [1.54, 1.807) is 19.2 Å². The van der Waals surface area contributed by atoms with Gasteiger partial charge < -0.3 is 44.3 Å². The Morgan fingerprint density at radius 2 is 1.81 bits per heavy atom. The lowest BCUT2D eigenvalue weighted by Gasteiger charge is -2.62. The van der Waals surface area contributed by atoms with Gasteiger partial charge in [-0.2, -0.15) is 0 Å². The molecule has 0 radical (unpaired) electrons. The van der Waals surface area contributed by atoms with Crippen molar-refractivity contribution in [1.82, 2.24) is 20.4 Å². The summed E-state index contributed by atoms with van der Waals surface area (Å²) in [6.07, 6.45) is 0.0600. The minimum absolute atomic E-state index is 0.00218. The molecule has 5 N–H and O–H groups in total. The van der Waals surface area contributed by atoms with Gasteiger partial charge in [0, 0.05) is 54.1 Å². The van der Waals surface area contributed by atoms with Crippen LogP contribution in [0.3, 0.4) is 0 Å². The molecule has 0 saturated carbocycles. The maximum atomic E-state index is 14.8. The lowest BCUT2D eigenvalue weighted by molar-refractivity contribution is -0.173. The quantitative estimate of drug-likeness (QED) is 0.195. The van der Waals surface area contributed by atoms with E-state index in [4.69, 9.17) is 23.7 Å². The first-order chi connectivity index (χ1) is 25.9. The molecule has 0 aliphatic carbocycles. The van der Waals surface area contributed by atoms with Gasteiger partial charge in [-0.1, -0.05) is 6.07 Å². The standard InChI is InChI=1S/C39H44N4O10S/c1-16-9-20-10-22-37(47)43-23-13-40-38(48)39(21-12-25(49-5)24(45)11-19(21)7-8-41-39)14-54-36(30(43)29(42(22)4)26(20)31(46)32(16)50-6)28-27(23)35-34(51-15-52-35)17(2)33(28)53-18(3)44/h9,11-12,22-23,29-30,36-37,41,45-47H,7-8,10,13-15H2,1-6H3,(H,40,48)/t22-,23-,29?,30?,36+,37-,39+/m0/s1. The number of aromatic hydroxyl groups is 2. The first-order valence-electron chi connectivity index (χ1n) is 18.2. The molecule has 2 fully saturated rings. The normalized spacial score (nSPS) is 29.4. The summed E-state index contributed by atoms with van der Waals surface area (Å²) in [5.41, 5.74) is 4.74. The fourth-order valence-electron chi connectivity index (χ4n) is 10.1. The van der Waals surface area contributed by atoms with Crippen LogP contribution < -0.4 is 34.3 Å². The van der Waals surface area contributed by atoms with Gasteiger partial charge in [0.25, 0.3) is 0 Å². The van der Waals surface area contributed by atoms with Crippen LogP contribution in [0.1, 0.15) is 68.8 Å². The molecule has 3 aromatic rings. The van der Waals surface area contributed by atoms with Crippen molar-refractivity contribution in [2.45, 2.75) is 74.8 Å². The SMILES string of the molecule is COc1cc2c(cc1O)CCN[C@]21CS[C@@H]2c3c(OC(C)=O)c(C)c4c(c3[C@H](CNC1=O)N1C2C2c3c(cc(C)c(OC)c3O)C[C@@H]([C@@H]1O)N2C)OCO4. The Labute approximate surface area is 316 Å². The van der Waals surface area contributed by atoms with Crippen molar-refractivity contribution in [3.05, 3.63) is 62.7 Å². The molecule has 3 aromatic carbocycles. The summed E-state index contributed by atoms with van der Waals surface area (Å²) in [5.74, 6) is 1.45. The van der Waals surface area contributed by atoms with E-state index in [0.29, 0.717) is 59.1 Å². The van der Waals surface area contributed by atoms with Gasteiger partial charge in [-0.25, -0.2) is 0 Å². The summed E-state index contributed by atoms with van der Waals surface area (Å²) in [6.45, 7) is 5.60. The third-order valence-electron chi connectivity index (χ3n) is 12.4. The molecule has 286 valence electrons. The van der Waals surface area contributed by atoms with Crippen molar-refractivity contribution in [3.8, 4) is 40.2 Å². The highest BCUT2D eigenvalue weighted by atomic mass is 32.2. The lowest BCUT2D eigenvalue weighted by atomic mass is 9.72. The minimum Gasteiger partial charge on any atom is -0.504 e. The van der Waals surface area contributed by atoms with Crippen LogP contribution in [0, 0.1) is 13.8 Å². The molecule has 0 aromatic heterocycles. The molecule has 15 heteroatoms. The zero-order valence-electron chi connectivity index (χ0n) is 30.9. The number of rotatable bonds is 3. The van der Waals surface area contributed by atoms with Crippen LogP contribution in [0.5, 0.6) is 40.2 Å². The van der Waals surface area contributed by atoms with Gasteiger partial charge in [0.2, 0.25) is 12.7 Å². The lowest BCUT2D eigenvalue weighted by Crippen LogP contribution is -2.70. The number of ether oxygens (including phenoxy) is 5. The number of methoxy groups -OCH3 is 2. The van der Waals surface area contributed by atoms with E-state index < -0.39 is 41.1 Å². The molecule has 7 heterocycles. The van der Waals surface area contributed by atoms with Crippen molar-refractivity contribution in [1.29, 1.82) is 0 Å². The maximum Gasteiger partial charge on any atom is 0.308 e. The Morgan fingerprint density at radius 3 is 2.56 bits per heavy atom. The molecule has 7 atom stereocenters. The van der Waals surface area contributed by atoms with Crippen LogP contribution in [0.4, 0.5) is 0 Å². The van der Waals surface area contributed by atoms with Crippen LogP contribution in [-0.4, -0.2) is 102 Å². The minimum atomic E-state index is -1.25. The second-order valence-electron chi connectivity index (χ2n) is 15.0. The molecule has 54 heavy (non-hydrogen) atoms. The number of hydrogen-bond acceptors (Lipinski definition) is 14. The number of thioether (sulfide) groups is 1. The monoisotopic (exact) mass is 760 g/mol. The third-order valence-corrected chi connectivity index (χ3v) is 13.9. The predicted octanol–water partition coefficient (Wildman–Crippen LogP) is 2.99. The van der Waals surface area contributed by atoms with Gasteiger partial charge in [0.05, 0.1) is 37.6 Å². The number of nitrogens with zero attached hydrogens (tertiary/aromatic N) is 2. The summed E-state index contributed by atoms with van der Waals surface area (Å²) >= 11 is 1.51. The predicted molar refractivity (Wildman–Crippen MR) is 197 cm³/mol. The Kier molecular flexibility index (Phi) is 8.21. The van der Waals surface area contributed by atoms with E-state index in [1.165, 1.54) is 25.8 Å². The van der Waals surface area contributed by atoms with Gasteiger partial charge in [0.15, 0.2) is 34.5 Å². The molecular weight excluding hydrogens is 717 g/mol. The largest absolute Gasteiger partial charge is 0.504 e. The summed E-state index contributed by atoms with van der Waals surface area (Å²) in [4.78, 5) is 31.9. The van der Waals surface area contributed by atoms with E-state index in [-0.39, 0.29) is 48.3 Å². The zero-order valence-corrected chi connectivity index (χ0v) is 31.8. The van der Waals surface area contributed by atoms with Gasteiger partial charge in [-0.15, -0.1) is 11.8 Å². The van der Waals surface area contributed by atoms with E-state index in [2.05, 4.69) is 20.4 Å². The van der Waals surface area contributed by atoms with Crippen LogP contribution >= 0.6 is 11.8 Å². The van der Waals surface area contributed by atoms with E-state index >= 15 is 0 Å². The van der Waals surface area contributed by atoms with Gasteiger partial charge in [-0.05, 0) is 68.1 Å². The van der Waals surface area contributed by atoms with E-state index in [9.17, 15) is 24.9 Å². The average molecular weight is 761 g/mol. The highest BCUT2D eigenvalue weighted by Crippen LogP contribution is 2.64. The molecule has 10 rings (SSSR count). The van der Waals surface area contributed by atoms with Crippen molar-refractivity contribution >= 4 is 23.6 Å². The molecule has 14 nitrogen and oxygen atoms in total. The smallest absolute Gasteiger partial charge is 0.308 e. The summed E-state index contributed by atoms with van der Waals surface area (Å²) in [6, 6.07) is 3.42. The number of carbonyl (C=O) groups excluding carboxylic acids is 2. The highest BCUT2D eigenvalue weighted by Gasteiger charge is 2.61. The van der Waals surface area contributed by atoms with E-state index in [0.717, 1.165) is 27.8 Å². The number of piperazine rings is 1. The number of aliphatic hydroxyl groups excluding tert-OH is 1. The number of esters is 1. The van der Waals surface area contributed by atoms with Crippen molar-refractivity contribution in [3.63, 3.8) is 0 Å². The maximum absolute atomic E-state index is 14.8. The number of aliphatic hydroxyl groups is 1. The van der Waals surface area contributed by atoms with Crippen molar-refractivity contribution < 1.29 is 48.6 Å². The topological polar surface area (TPSA) is 172 Å². The molecule has 2 unspecified atom stereocenters. The number of aryl methyl sites for hydroxylation is 1. The Bertz CT molecular complexity index is 2130. The third kappa shape index (κ3) is 4.74. The Morgan fingerprint density at radius 1 is 1.04 bits per heavy atom. The number of likely N-dealkylation sites (N-methyl/N-ethyl adjacent to an activating group) is 1. The zero-order chi connectivity index (χ0) is 38.0. The number of nitrogens with one attached hydrogen (secondary N) is 2. The molecule has 2 saturated heterocycles. The molecule has 4 bridgehead atoms. The second-order valence-corrected chi connectivity index (χ2v) is 16.2. The van der Waals surface area contributed by atoms with Gasteiger partial charge >= 0.3 is 5.97 Å². The second kappa shape index (κ2) is 12.6. The number of amides is 1. The van der Waals surface area contributed by atoms with Crippen LogP contribution in [0.15, 0.2) is 18.2 Å². The summed E-state index contributed by atoms with van der Waals surface area (Å²) in [5, 5.41) is 41.6. The van der Waals surface area contributed by atoms with Crippen molar-refractivity contribution in [2.75, 3.05) is 46.9 Å². The Hall–Kier alpha value is -4.41. The van der Waals surface area contributed by atoms with Crippen LogP contribution in [0.2, 0.25) is 0 Å². The number of fused-ring (bicyclic) bond motifs is 9. The van der Waals surface area contributed by atoms with Crippen LogP contribution in [-0.2, 0) is 28.0 Å². The van der Waals surface area contributed by atoms with Gasteiger partial charge in [-0.3, -0.25) is 24.7 Å². The van der Waals surface area contributed by atoms with Crippen LogP contribution in [0.25, 0.3) is 0 Å².